The minimum atomic E-state index is -0.359. The lowest BCUT2D eigenvalue weighted by Gasteiger charge is -2.27. The Kier molecular flexibility index (Phi) is 3.37. The molecule has 2 nitrogen and oxygen atoms in total. The van der Waals surface area contributed by atoms with Gasteiger partial charge in [0, 0.05) is 15.8 Å². The topological polar surface area (TPSA) is 21.3 Å². The van der Waals surface area contributed by atoms with E-state index in [9.17, 15) is 4.39 Å². The zero-order valence-electron chi connectivity index (χ0n) is 10.4. The number of hydrogen-bond donors (Lipinski definition) is 1. The molecular formula is C14H13ClFNOS. The molecule has 1 aromatic heterocycles. The van der Waals surface area contributed by atoms with Crippen LogP contribution in [0.3, 0.4) is 0 Å². The van der Waals surface area contributed by atoms with E-state index in [0.29, 0.717) is 23.0 Å². The van der Waals surface area contributed by atoms with Crippen molar-refractivity contribution in [1.29, 1.82) is 0 Å². The summed E-state index contributed by atoms with van der Waals surface area (Å²) in [7, 11) is 0. The molecule has 1 N–H and O–H groups in total. The van der Waals surface area contributed by atoms with Crippen molar-refractivity contribution >= 4 is 28.6 Å². The Morgan fingerprint density at radius 2 is 2.32 bits per heavy atom. The molecule has 0 saturated heterocycles. The first-order valence-electron chi connectivity index (χ1n) is 6.15. The number of nitrogens with one attached hydrogen (secondary N) is 1. The number of thiophene rings is 1. The van der Waals surface area contributed by atoms with Crippen LogP contribution in [0.4, 0.5) is 10.1 Å². The maximum Gasteiger partial charge on any atom is 0.162 e. The van der Waals surface area contributed by atoms with Gasteiger partial charge in [-0.2, -0.15) is 0 Å². The average Bonchev–Trinajstić information content (AvgIpc) is 2.87. The second-order valence-electron chi connectivity index (χ2n) is 4.41. The van der Waals surface area contributed by atoms with Crippen LogP contribution in [-0.2, 0) is 6.42 Å². The number of aryl methyl sites for hydroxylation is 1. The smallest absolute Gasteiger partial charge is 0.162 e. The monoisotopic (exact) mass is 297 g/mol. The number of rotatable bonds is 2. The zero-order chi connectivity index (χ0) is 13.4. The highest BCUT2D eigenvalue weighted by atomic mass is 35.5. The second-order valence-corrected chi connectivity index (χ2v) is 6.02. The number of anilines is 1. The molecule has 2 heterocycles. The first-order valence-corrected chi connectivity index (χ1v) is 7.35. The highest BCUT2D eigenvalue weighted by molar-refractivity contribution is 7.12. The highest BCUT2D eigenvalue weighted by Gasteiger charge is 2.24. The van der Waals surface area contributed by atoms with Crippen molar-refractivity contribution in [2.45, 2.75) is 19.4 Å². The third-order valence-corrected chi connectivity index (χ3v) is 4.70. The van der Waals surface area contributed by atoms with E-state index < -0.39 is 0 Å². The summed E-state index contributed by atoms with van der Waals surface area (Å²) in [6, 6.07) is 6.88. The molecule has 1 aromatic carbocycles. The maximum atomic E-state index is 13.2. The van der Waals surface area contributed by atoms with Gasteiger partial charge < -0.3 is 10.1 Å². The largest absolute Gasteiger partial charge is 0.479 e. The van der Waals surface area contributed by atoms with E-state index in [1.54, 1.807) is 11.3 Å². The Bertz CT molecular complexity index is 613. The van der Waals surface area contributed by atoms with E-state index in [4.69, 9.17) is 16.3 Å². The van der Waals surface area contributed by atoms with Crippen LogP contribution in [0.15, 0.2) is 24.3 Å². The number of benzene rings is 1. The first kappa shape index (κ1) is 12.8. The zero-order valence-corrected chi connectivity index (χ0v) is 11.9. The van der Waals surface area contributed by atoms with Crippen molar-refractivity contribution in [2.24, 2.45) is 0 Å². The Labute approximate surface area is 120 Å². The van der Waals surface area contributed by atoms with Gasteiger partial charge in [0.25, 0.3) is 0 Å². The number of fused-ring (bicyclic) bond motifs is 1. The molecule has 1 unspecified atom stereocenters. The van der Waals surface area contributed by atoms with Gasteiger partial charge in [-0.25, -0.2) is 4.39 Å². The molecule has 19 heavy (non-hydrogen) atoms. The fourth-order valence-corrected chi connectivity index (χ4v) is 3.35. The quantitative estimate of drug-likeness (QED) is 0.871. The number of ether oxygens (including phenoxy) is 1. The van der Waals surface area contributed by atoms with E-state index in [1.807, 2.05) is 0 Å². The molecule has 5 heteroatoms. The van der Waals surface area contributed by atoms with Crippen molar-refractivity contribution in [2.75, 3.05) is 11.9 Å². The summed E-state index contributed by atoms with van der Waals surface area (Å²) in [4.78, 5) is 2.49. The lowest BCUT2D eigenvalue weighted by molar-refractivity contribution is 0.214. The Hall–Kier alpha value is -1.26. The van der Waals surface area contributed by atoms with Crippen molar-refractivity contribution in [3.63, 3.8) is 0 Å². The molecule has 0 bridgehead atoms. The summed E-state index contributed by atoms with van der Waals surface area (Å²) >= 11 is 7.77. The SMILES string of the molecule is CCc1ccc(C2CNc3cc(F)cc(Cl)c3O2)s1. The van der Waals surface area contributed by atoms with Crippen LogP contribution >= 0.6 is 22.9 Å². The third-order valence-electron chi connectivity index (χ3n) is 3.09. The van der Waals surface area contributed by atoms with Gasteiger partial charge in [0.15, 0.2) is 11.9 Å². The van der Waals surface area contributed by atoms with Crippen molar-refractivity contribution in [3.8, 4) is 5.75 Å². The molecule has 0 spiro atoms. The minimum Gasteiger partial charge on any atom is -0.479 e. The average molecular weight is 298 g/mol. The molecular weight excluding hydrogens is 285 g/mol. The Morgan fingerprint density at radius 1 is 1.47 bits per heavy atom. The molecule has 1 aliphatic heterocycles. The highest BCUT2D eigenvalue weighted by Crippen LogP contribution is 2.41. The Morgan fingerprint density at radius 3 is 3.05 bits per heavy atom. The van der Waals surface area contributed by atoms with Gasteiger partial charge in [-0.3, -0.25) is 0 Å². The fourth-order valence-electron chi connectivity index (χ4n) is 2.11. The van der Waals surface area contributed by atoms with Crippen LogP contribution < -0.4 is 10.1 Å². The standard InChI is InChI=1S/C14H13ClFNOS/c1-2-9-3-4-13(19-9)12-7-17-11-6-8(16)5-10(15)14(11)18-12/h3-6,12,17H,2,7H2,1H3. The fraction of sp³-hybridized carbons (Fsp3) is 0.286. The summed E-state index contributed by atoms with van der Waals surface area (Å²) in [5.74, 6) is 0.174. The van der Waals surface area contributed by atoms with Gasteiger partial charge in [0.1, 0.15) is 5.82 Å². The first-order chi connectivity index (χ1) is 9.17. The molecule has 2 aromatic rings. The van der Waals surface area contributed by atoms with E-state index in [-0.39, 0.29) is 11.9 Å². The maximum absolute atomic E-state index is 13.2. The molecule has 0 fully saturated rings. The second kappa shape index (κ2) is 5.02. The predicted octanol–water partition coefficient (Wildman–Crippen LogP) is 4.65. The lowest BCUT2D eigenvalue weighted by atomic mass is 10.2. The normalized spacial score (nSPS) is 17.5. The van der Waals surface area contributed by atoms with Crippen LogP contribution in [0.1, 0.15) is 22.8 Å². The van der Waals surface area contributed by atoms with Crippen LogP contribution in [0.5, 0.6) is 5.75 Å². The molecule has 1 aliphatic rings. The summed E-state index contributed by atoms with van der Waals surface area (Å²) in [5, 5.41) is 3.48. The molecule has 100 valence electrons. The van der Waals surface area contributed by atoms with Crippen molar-refractivity contribution in [3.05, 3.63) is 44.9 Å². The predicted molar refractivity (Wildman–Crippen MR) is 77.0 cm³/mol. The third kappa shape index (κ3) is 2.42. The Balaban J connectivity index is 1.89. The summed E-state index contributed by atoms with van der Waals surface area (Å²) in [6.45, 7) is 2.75. The molecule has 0 amide bonds. The van der Waals surface area contributed by atoms with E-state index in [2.05, 4.69) is 24.4 Å². The summed E-state index contributed by atoms with van der Waals surface area (Å²) in [6.07, 6.45) is 0.952. The molecule has 1 atom stereocenters. The van der Waals surface area contributed by atoms with E-state index in [0.717, 1.165) is 11.3 Å². The number of halogens is 2. The molecule has 0 aliphatic carbocycles. The summed E-state index contributed by atoms with van der Waals surface area (Å²) < 4.78 is 19.2. The van der Waals surface area contributed by atoms with Gasteiger partial charge in [0.05, 0.1) is 17.3 Å². The van der Waals surface area contributed by atoms with Crippen LogP contribution in [0, 0.1) is 5.82 Å². The van der Waals surface area contributed by atoms with Crippen molar-refractivity contribution < 1.29 is 9.13 Å². The van der Waals surface area contributed by atoms with Crippen LogP contribution in [-0.4, -0.2) is 6.54 Å². The van der Waals surface area contributed by atoms with Gasteiger partial charge in [-0.05, 0) is 24.6 Å². The molecule has 0 radical (unpaired) electrons. The van der Waals surface area contributed by atoms with Crippen LogP contribution in [0.2, 0.25) is 5.02 Å². The van der Waals surface area contributed by atoms with E-state index >= 15 is 0 Å². The molecule has 0 saturated carbocycles. The summed E-state index contributed by atoms with van der Waals surface area (Å²) in [5.41, 5.74) is 0.619. The van der Waals surface area contributed by atoms with Gasteiger partial charge in [0.2, 0.25) is 0 Å². The van der Waals surface area contributed by atoms with Gasteiger partial charge >= 0.3 is 0 Å². The van der Waals surface area contributed by atoms with E-state index in [1.165, 1.54) is 17.0 Å². The lowest BCUT2D eigenvalue weighted by Crippen LogP contribution is -2.23. The molecule has 3 rings (SSSR count). The van der Waals surface area contributed by atoms with Gasteiger partial charge in [-0.15, -0.1) is 11.3 Å². The van der Waals surface area contributed by atoms with Gasteiger partial charge in [-0.1, -0.05) is 18.5 Å². The number of hydrogen-bond acceptors (Lipinski definition) is 3. The van der Waals surface area contributed by atoms with Crippen molar-refractivity contribution in [1.82, 2.24) is 0 Å². The minimum absolute atomic E-state index is 0.0687. The van der Waals surface area contributed by atoms with Crippen LogP contribution in [0.25, 0.3) is 0 Å².